The molecule has 0 spiro atoms. The number of hydrogen-bond acceptors (Lipinski definition) is 3. The third kappa shape index (κ3) is 1.50. The van der Waals surface area contributed by atoms with Crippen molar-refractivity contribution in [2.45, 2.75) is 0 Å². The molecule has 1 N–H and O–H groups in total. The van der Waals surface area contributed by atoms with Crippen LogP contribution in [0.2, 0.25) is 0 Å². The first-order chi connectivity index (χ1) is 6.92. The largest absolute Gasteiger partial charge is 0.443 e. The Kier molecular flexibility index (Phi) is 2.27. The third-order valence-corrected chi connectivity index (χ3v) is 1.84. The zero-order valence-electron chi connectivity index (χ0n) is 7.31. The van der Waals surface area contributed by atoms with Gasteiger partial charge in [0, 0.05) is 5.56 Å². The Morgan fingerprint density at radius 1 is 1.36 bits per heavy atom. The van der Waals surface area contributed by atoms with Crippen LogP contribution in [0, 0.1) is 0 Å². The van der Waals surface area contributed by atoms with Crippen LogP contribution in [0.1, 0.15) is 0 Å². The minimum Gasteiger partial charge on any atom is -0.443 e. The summed E-state index contributed by atoms with van der Waals surface area (Å²) in [6, 6.07) is 7.36. The van der Waals surface area contributed by atoms with Gasteiger partial charge in [0.15, 0.2) is 12.2 Å². The van der Waals surface area contributed by atoms with E-state index in [2.05, 4.69) is 10.3 Å². The summed E-state index contributed by atoms with van der Waals surface area (Å²) in [6.45, 7) is 0. The summed E-state index contributed by atoms with van der Waals surface area (Å²) in [7, 11) is 0. The predicted octanol–water partition coefficient (Wildman–Crippen LogP) is 1.91. The van der Waals surface area contributed by atoms with Gasteiger partial charge in [-0.05, 0) is 12.1 Å². The zero-order valence-corrected chi connectivity index (χ0v) is 7.31. The monoisotopic (exact) mass is 188 g/mol. The molecule has 4 heteroatoms. The Morgan fingerprint density at radius 2 is 2.21 bits per heavy atom. The van der Waals surface area contributed by atoms with E-state index in [0.29, 0.717) is 17.9 Å². The number of carbonyl (C=O) groups excluding carboxylic acids is 1. The molecule has 14 heavy (non-hydrogen) atoms. The maximum Gasteiger partial charge on any atom is 0.211 e. The van der Waals surface area contributed by atoms with Crippen molar-refractivity contribution in [2.75, 3.05) is 5.32 Å². The van der Waals surface area contributed by atoms with Gasteiger partial charge in [0.25, 0.3) is 0 Å². The van der Waals surface area contributed by atoms with Crippen molar-refractivity contribution in [1.29, 1.82) is 0 Å². The fraction of sp³-hybridized carbons (Fsp3) is 0. The molecule has 0 aliphatic rings. The highest BCUT2D eigenvalue weighted by atomic mass is 16.3. The maximum atomic E-state index is 10.3. The molecule has 4 nitrogen and oxygen atoms in total. The second kappa shape index (κ2) is 3.74. The average Bonchev–Trinajstić information content (AvgIpc) is 2.72. The first-order valence-electron chi connectivity index (χ1n) is 4.10. The number of oxazole rings is 1. The number of aromatic nitrogens is 1. The van der Waals surface area contributed by atoms with E-state index in [9.17, 15) is 4.79 Å². The van der Waals surface area contributed by atoms with Crippen LogP contribution in [0.4, 0.5) is 5.69 Å². The lowest BCUT2D eigenvalue weighted by atomic mass is 10.1. The summed E-state index contributed by atoms with van der Waals surface area (Å²) in [5.41, 5.74) is 1.52. The Balaban J connectivity index is 2.46. The topological polar surface area (TPSA) is 55.1 Å². The number of carbonyl (C=O) groups is 1. The molecule has 0 bridgehead atoms. The highest BCUT2D eigenvalue weighted by Gasteiger charge is 2.05. The van der Waals surface area contributed by atoms with Gasteiger partial charge in [0.1, 0.15) is 0 Å². The predicted molar refractivity (Wildman–Crippen MR) is 51.6 cm³/mol. The summed E-state index contributed by atoms with van der Waals surface area (Å²) in [5, 5.41) is 2.60. The highest BCUT2D eigenvalue weighted by Crippen LogP contribution is 2.26. The van der Waals surface area contributed by atoms with Gasteiger partial charge in [-0.2, -0.15) is 0 Å². The molecule has 0 saturated carbocycles. The summed E-state index contributed by atoms with van der Waals surface area (Å²) < 4.78 is 5.14. The number of benzene rings is 1. The zero-order chi connectivity index (χ0) is 9.80. The second-order valence-electron chi connectivity index (χ2n) is 2.67. The van der Waals surface area contributed by atoms with Gasteiger partial charge >= 0.3 is 0 Å². The standard InChI is InChI=1S/C10H8N2O2/c13-6-12-9-4-2-1-3-8(9)10-5-11-7-14-10/h1-7H,(H,12,13). The lowest BCUT2D eigenvalue weighted by molar-refractivity contribution is -0.105. The molecule has 1 heterocycles. The molecule has 1 aromatic heterocycles. The molecule has 0 aliphatic carbocycles. The maximum absolute atomic E-state index is 10.3. The number of hydrogen-bond donors (Lipinski definition) is 1. The molecule has 2 rings (SSSR count). The van der Waals surface area contributed by atoms with E-state index in [0.717, 1.165) is 5.56 Å². The van der Waals surface area contributed by atoms with Crippen LogP contribution in [0.15, 0.2) is 41.3 Å². The van der Waals surface area contributed by atoms with Crippen LogP contribution in [-0.2, 0) is 4.79 Å². The lowest BCUT2D eigenvalue weighted by Crippen LogP contribution is -1.95. The quantitative estimate of drug-likeness (QED) is 0.748. The van der Waals surface area contributed by atoms with Crippen LogP contribution in [-0.4, -0.2) is 11.4 Å². The first kappa shape index (κ1) is 8.50. The molecule has 1 amide bonds. The molecule has 0 radical (unpaired) electrons. The minimum atomic E-state index is 0.634. The number of nitrogens with one attached hydrogen (secondary N) is 1. The molecule has 2 aromatic rings. The van der Waals surface area contributed by atoms with Crippen molar-refractivity contribution in [3.8, 4) is 11.3 Å². The van der Waals surface area contributed by atoms with Crippen molar-refractivity contribution in [3.05, 3.63) is 36.9 Å². The van der Waals surface area contributed by atoms with Crippen LogP contribution >= 0.6 is 0 Å². The number of anilines is 1. The highest BCUT2D eigenvalue weighted by molar-refractivity contribution is 5.82. The minimum absolute atomic E-state index is 0.634. The molecule has 0 fully saturated rings. The molecule has 0 atom stereocenters. The van der Waals surface area contributed by atoms with Crippen LogP contribution in [0.3, 0.4) is 0 Å². The van der Waals surface area contributed by atoms with Crippen molar-refractivity contribution in [2.24, 2.45) is 0 Å². The van der Waals surface area contributed by atoms with Gasteiger partial charge in [-0.25, -0.2) is 4.98 Å². The van der Waals surface area contributed by atoms with E-state index in [4.69, 9.17) is 4.42 Å². The van der Waals surface area contributed by atoms with Gasteiger partial charge in [-0.15, -0.1) is 0 Å². The molecule has 0 saturated heterocycles. The lowest BCUT2D eigenvalue weighted by Gasteiger charge is -2.03. The summed E-state index contributed by atoms with van der Waals surface area (Å²) in [5.74, 6) is 0.634. The first-order valence-corrected chi connectivity index (χ1v) is 4.10. The fourth-order valence-electron chi connectivity index (χ4n) is 1.24. The number of para-hydroxylation sites is 1. The van der Waals surface area contributed by atoms with Crippen LogP contribution in [0.25, 0.3) is 11.3 Å². The molecular weight excluding hydrogens is 180 g/mol. The third-order valence-electron chi connectivity index (χ3n) is 1.84. The number of nitrogens with zero attached hydrogens (tertiary/aromatic N) is 1. The Labute approximate surface area is 80.6 Å². The van der Waals surface area contributed by atoms with Gasteiger partial charge in [-0.1, -0.05) is 12.1 Å². The van der Waals surface area contributed by atoms with Gasteiger partial charge in [0.2, 0.25) is 6.41 Å². The smallest absolute Gasteiger partial charge is 0.211 e. The van der Waals surface area contributed by atoms with Gasteiger partial charge in [0.05, 0.1) is 11.9 Å². The van der Waals surface area contributed by atoms with Crippen LogP contribution < -0.4 is 5.32 Å². The van der Waals surface area contributed by atoms with E-state index in [-0.39, 0.29) is 0 Å². The average molecular weight is 188 g/mol. The van der Waals surface area contributed by atoms with Crippen molar-refractivity contribution in [1.82, 2.24) is 4.98 Å². The Hall–Kier alpha value is -2.10. The Morgan fingerprint density at radius 3 is 2.93 bits per heavy atom. The molecule has 0 aliphatic heterocycles. The summed E-state index contributed by atoms with van der Waals surface area (Å²) in [6.07, 6.45) is 3.59. The molecular formula is C10H8N2O2. The number of amides is 1. The molecule has 70 valence electrons. The number of rotatable bonds is 3. The van der Waals surface area contributed by atoms with E-state index < -0.39 is 0 Å². The van der Waals surface area contributed by atoms with Gasteiger partial charge in [-0.3, -0.25) is 4.79 Å². The molecule has 1 aromatic carbocycles. The molecule has 0 unspecified atom stereocenters. The van der Waals surface area contributed by atoms with Gasteiger partial charge < -0.3 is 9.73 Å². The van der Waals surface area contributed by atoms with E-state index in [1.165, 1.54) is 6.39 Å². The fourth-order valence-corrected chi connectivity index (χ4v) is 1.24. The Bertz CT molecular complexity index is 423. The second-order valence-corrected chi connectivity index (χ2v) is 2.67. The normalized spacial score (nSPS) is 9.71. The van der Waals surface area contributed by atoms with Crippen molar-refractivity contribution < 1.29 is 9.21 Å². The van der Waals surface area contributed by atoms with E-state index in [1.54, 1.807) is 12.3 Å². The van der Waals surface area contributed by atoms with Crippen molar-refractivity contribution in [3.63, 3.8) is 0 Å². The van der Waals surface area contributed by atoms with E-state index in [1.807, 2.05) is 18.2 Å². The van der Waals surface area contributed by atoms with Crippen LogP contribution in [0.5, 0.6) is 0 Å². The van der Waals surface area contributed by atoms with Crippen molar-refractivity contribution >= 4 is 12.1 Å². The van der Waals surface area contributed by atoms with E-state index >= 15 is 0 Å². The summed E-state index contributed by atoms with van der Waals surface area (Å²) in [4.78, 5) is 14.2. The summed E-state index contributed by atoms with van der Waals surface area (Å²) >= 11 is 0. The SMILES string of the molecule is O=CNc1ccccc1-c1cnco1.